The molecule has 5 nitrogen and oxygen atoms in total. The van der Waals surface area contributed by atoms with Crippen LogP contribution < -0.4 is 5.32 Å². The smallest absolute Gasteiger partial charge is 0.269 e. The molecule has 0 aliphatic rings. The molecule has 106 valence electrons. The number of benzene rings is 1. The van der Waals surface area contributed by atoms with E-state index in [4.69, 9.17) is 5.11 Å². The minimum absolute atomic E-state index is 0.108. The summed E-state index contributed by atoms with van der Waals surface area (Å²) in [6, 6.07) is 10.7. The van der Waals surface area contributed by atoms with E-state index in [-0.39, 0.29) is 12.3 Å². The lowest BCUT2D eigenvalue weighted by molar-refractivity contribution is -0.384. The molecule has 2 aromatic rings. The van der Waals surface area contributed by atoms with Crippen molar-refractivity contribution < 1.29 is 10.0 Å². The molecule has 1 heterocycles. The molecular weight excluding hydrogens is 276 g/mol. The molecular formula is C14H16N2O3S. The zero-order valence-corrected chi connectivity index (χ0v) is 11.7. The predicted octanol–water partition coefficient (Wildman–Crippen LogP) is 2.80. The van der Waals surface area contributed by atoms with E-state index in [2.05, 4.69) is 5.32 Å². The second-order valence-electron chi connectivity index (χ2n) is 4.32. The van der Waals surface area contributed by atoms with E-state index >= 15 is 0 Å². The highest BCUT2D eigenvalue weighted by atomic mass is 32.1. The lowest BCUT2D eigenvalue weighted by Gasteiger charge is -2.00. The fourth-order valence-electron chi connectivity index (χ4n) is 1.79. The average Bonchev–Trinajstić information content (AvgIpc) is 2.92. The summed E-state index contributed by atoms with van der Waals surface area (Å²) in [5.41, 5.74) is 1.10. The predicted molar refractivity (Wildman–Crippen MR) is 79.8 cm³/mol. The quantitative estimate of drug-likeness (QED) is 0.467. The maximum absolute atomic E-state index is 10.6. The van der Waals surface area contributed by atoms with Gasteiger partial charge in [-0.3, -0.25) is 10.1 Å². The Morgan fingerprint density at radius 3 is 2.60 bits per heavy atom. The molecule has 0 atom stereocenters. The molecule has 2 N–H and O–H groups in total. The lowest BCUT2D eigenvalue weighted by Crippen LogP contribution is -2.14. The Hall–Kier alpha value is -1.76. The molecule has 1 aromatic heterocycles. The number of rotatable bonds is 7. The van der Waals surface area contributed by atoms with Crippen molar-refractivity contribution in [1.82, 2.24) is 5.32 Å². The Labute approximate surface area is 121 Å². The number of aliphatic hydroxyl groups is 1. The second kappa shape index (κ2) is 7.14. The van der Waals surface area contributed by atoms with Gasteiger partial charge in [-0.05, 0) is 42.8 Å². The highest BCUT2D eigenvalue weighted by Gasteiger charge is 2.07. The van der Waals surface area contributed by atoms with E-state index in [1.54, 1.807) is 23.5 Å². The van der Waals surface area contributed by atoms with Crippen LogP contribution in [0.4, 0.5) is 5.69 Å². The minimum Gasteiger partial charge on any atom is -0.396 e. The van der Waals surface area contributed by atoms with Crippen LogP contribution in [0.1, 0.15) is 11.3 Å². The third kappa shape index (κ3) is 3.86. The topological polar surface area (TPSA) is 75.4 Å². The maximum atomic E-state index is 10.6. The monoisotopic (exact) mass is 292 g/mol. The molecule has 0 bridgehead atoms. The van der Waals surface area contributed by atoms with Gasteiger partial charge in [-0.15, -0.1) is 11.3 Å². The molecule has 0 saturated carbocycles. The van der Waals surface area contributed by atoms with E-state index in [9.17, 15) is 10.1 Å². The number of aliphatic hydroxyl groups excluding tert-OH is 1. The molecule has 2 rings (SSSR count). The van der Waals surface area contributed by atoms with Crippen molar-refractivity contribution >= 4 is 17.0 Å². The Morgan fingerprint density at radius 2 is 1.95 bits per heavy atom. The van der Waals surface area contributed by atoms with Crippen LogP contribution >= 0.6 is 11.3 Å². The summed E-state index contributed by atoms with van der Waals surface area (Å²) in [6.45, 7) is 1.77. The summed E-state index contributed by atoms with van der Waals surface area (Å²) in [5, 5.41) is 22.6. The van der Waals surface area contributed by atoms with Crippen LogP contribution in [-0.2, 0) is 6.54 Å². The Kier molecular flexibility index (Phi) is 5.23. The Balaban J connectivity index is 1.99. The van der Waals surface area contributed by atoms with Gasteiger partial charge in [-0.25, -0.2) is 0 Å². The zero-order valence-electron chi connectivity index (χ0n) is 10.9. The first-order chi connectivity index (χ1) is 9.70. The Morgan fingerprint density at radius 1 is 1.20 bits per heavy atom. The van der Waals surface area contributed by atoms with Gasteiger partial charge in [0.2, 0.25) is 0 Å². The number of nitro groups is 1. The zero-order chi connectivity index (χ0) is 14.4. The SMILES string of the molecule is O=[N+]([O-])c1ccc(-c2ccc(CNCCCO)s2)cc1. The summed E-state index contributed by atoms with van der Waals surface area (Å²) < 4.78 is 0. The minimum atomic E-state index is -0.394. The fraction of sp³-hybridized carbons (Fsp3) is 0.286. The molecule has 1 aromatic carbocycles. The van der Waals surface area contributed by atoms with E-state index in [1.807, 2.05) is 12.1 Å². The van der Waals surface area contributed by atoms with Crippen molar-refractivity contribution in [2.24, 2.45) is 0 Å². The summed E-state index contributed by atoms with van der Waals surface area (Å²) in [7, 11) is 0. The van der Waals surface area contributed by atoms with Crippen molar-refractivity contribution in [3.63, 3.8) is 0 Å². The molecule has 0 fully saturated rings. The normalized spacial score (nSPS) is 10.7. The third-order valence-corrected chi connectivity index (χ3v) is 3.97. The van der Waals surface area contributed by atoms with Crippen molar-refractivity contribution in [3.05, 3.63) is 51.4 Å². The van der Waals surface area contributed by atoms with Gasteiger partial charge < -0.3 is 10.4 Å². The van der Waals surface area contributed by atoms with Crippen molar-refractivity contribution in [2.75, 3.05) is 13.2 Å². The summed E-state index contributed by atoms with van der Waals surface area (Å²) >= 11 is 1.66. The molecule has 0 saturated heterocycles. The van der Waals surface area contributed by atoms with Gasteiger partial charge in [-0.2, -0.15) is 0 Å². The number of nitro benzene ring substituents is 1. The van der Waals surface area contributed by atoms with Crippen LogP contribution in [0.3, 0.4) is 0 Å². The first-order valence-electron chi connectivity index (χ1n) is 6.36. The number of nitrogens with one attached hydrogen (secondary N) is 1. The van der Waals surface area contributed by atoms with Crippen LogP contribution in [-0.4, -0.2) is 23.2 Å². The number of thiophene rings is 1. The van der Waals surface area contributed by atoms with Gasteiger partial charge in [0.25, 0.3) is 5.69 Å². The van der Waals surface area contributed by atoms with E-state index < -0.39 is 4.92 Å². The van der Waals surface area contributed by atoms with Crippen LogP contribution in [0.5, 0.6) is 0 Å². The molecule has 0 amide bonds. The first-order valence-corrected chi connectivity index (χ1v) is 7.17. The fourth-order valence-corrected chi connectivity index (χ4v) is 2.77. The van der Waals surface area contributed by atoms with Gasteiger partial charge in [-0.1, -0.05) is 0 Å². The van der Waals surface area contributed by atoms with Gasteiger partial charge in [0, 0.05) is 35.0 Å². The third-order valence-electron chi connectivity index (χ3n) is 2.84. The number of hydrogen-bond acceptors (Lipinski definition) is 5. The van der Waals surface area contributed by atoms with E-state index in [0.717, 1.165) is 30.0 Å². The lowest BCUT2D eigenvalue weighted by atomic mass is 10.2. The van der Waals surface area contributed by atoms with Crippen LogP contribution in [0.2, 0.25) is 0 Å². The van der Waals surface area contributed by atoms with E-state index in [1.165, 1.54) is 17.0 Å². The van der Waals surface area contributed by atoms with Gasteiger partial charge >= 0.3 is 0 Å². The van der Waals surface area contributed by atoms with E-state index in [0.29, 0.717) is 0 Å². The van der Waals surface area contributed by atoms with Gasteiger partial charge in [0.05, 0.1) is 4.92 Å². The summed E-state index contributed by atoms with van der Waals surface area (Å²) in [4.78, 5) is 12.5. The molecule has 20 heavy (non-hydrogen) atoms. The number of hydrogen-bond donors (Lipinski definition) is 2. The van der Waals surface area contributed by atoms with Crippen LogP contribution in [0.25, 0.3) is 10.4 Å². The first kappa shape index (κ1) is 14.6. The maximum Gasteiger partial charge on any atom is 0.269 e. The molecule has 0 spiro atoms. The van der Waals surface area contributed by atoms with Crippen molar-refractivity contribution in [3.8, 4) is 10.4 Å². The molecule has 0 aliphatic carbocycles. The highest BCUT2D eigenvalue weighted by Crippen LogP contribution is 2.29. The molecule has 0 radical (unpaired) electrons. The molecule has 6 heteroatoms. The number of non-ortho nitro benzene ring substituents is 1. The van der Waals surface area contributed by atoms with Crippen molar-refractivity contribution in [1.29, 1.82) is 0 Å². The highest BCUT2D eigenvalue weighted by molar-refractivity contribution is 7.15. The standard InChI is InChI=1S/C14H16N2O3S/c17-9-1-8-15-10-13-6-7-14(20-13)11-2-4-12(5-3-11)16(18)19/h2-7,15,17H,1,8-10H2. The molecule has 0 unspecified atom stereocenters. The van der Waals surface area contributed by atoms with Gasteiger partial charge in [0.15, 0.2) is 0 Å². The summed E-state index contributed by atoms with van der Waals surface area (Å²) in [5.74, 6) is 0. The Bertz CT molecular complexity index is 566. The number of nitrogens with zero attached hydrogens (tertiary/aromatic N) is 1. The van der Waals surface area contributed by atoms with Crippen LogP contribution in [0.15, 0.2) is 36.4 Å². The summed E-state index contributed by atoms with van der Waals surface area (Å²) in [6.07, 6.45) is 0.751. The second-order valence-corrected chi connectivity index (χ2v) is 5.49. The average molecular weight is 292 g/mol. The largest absolute Gasteiger partial charge is 0.396 e. The van der Waals surface area contributed by atoms with Gasteiger partial charge in [0.1, 0.15) is 0 Å². The van der Waals surface area contributed by atoms with Crippen molar-refractivity contribution in [2.45, 2.75) is 13.0 Å². The molecule has 0 aliphatic heterocycles. The van der Waals surface area contributed by atoms with Crippen LogP contribution in [0, 0.1) is 10.1 Å².